The lowest BCUT2D eigenvalue weighted by molar-refractivity contribution is -0.119. The summed E-state index contributed by atoms with van der Waals surface area (Å²) in [6.45, 7) is 3.02. The van der Waals surface area contributed by atoms with Crippen molar-refractivity contribution in [2.24, 2.45) is 0 Å². The molecular weight excluding hydrogens is 316 g/mol. The van der Waals surface area contributed by atoms with Crippen LogP contribution in [0.5, 0.6) is 0 Å². The lowest BCUT2D eigenvalue weighted by atomic mass is 10.0. The first kappa shape index (κ1) is 17.2. The summed E-state index contributed by atoms with van der Waals surface area (Å²) in [6.07, 6.45) is 1.16. The minimum atomic E-state index is -0.136. The van der Waals surface area contributed by atoms with E-state index in [9.17, 15) is 9.59 Å². The molecule has 1 aliphatic heterocycles. The summed E-state index contributed by atoms with van der Waals surface area (Å²) < 4.78 is 5.09. The van der Waals surface area contributed by atoms with E-state index in [1.807, 2.05) is 49.4 Å². The third kappa shape index (κ3) is 3.88. The Kier molecular flexibility index (Phi) is 5.14. The predicted molar refractivity (Wildman–Crippen MR) is 98.1 cm³/mol. The van der Waals surface area contributed by atoms with E-state index >= 15 is 0 Å². The Morgan fingerprint density at radius 1 is 1.16 bits per heavy atom. The van der Waals surface area contributed by atoms with Gasteiger partial charge in [0.25, 0.3) is 5.91 Å². The molecule has 0 unspecified atom stereocenters. The normalized spacial score (nSPS) is 13.5. The van der Waals surface area contributed by atoms with Crippen molar-refractivity contribution in [3.05, 3.63) is 59.2 Å². The number of nitrogens with one attached hydrogen (secondary N) is 1. The van der Waals surface area contributed by atoms with Crippen molar-refractivity contribution in [3.63, 3.8) is 0 Å². The molecule has 0 atom stereocenters. The number of anilines is 2. The van der Waals surface area contributed by atoms with Gasteiger partial charge in [-0.1, -0.05) is 17.7 Å². The molecule has 0 spiro atoms. The molecule has 0 radical (unpaired) electrons. The number of carbonyl (C=O) groups excluding carboxylic acids is 2. The van der Waals surface area contributed by atoms with Gasteiger partial charge in [0.1, 0.15) is 0 Å². The number of ether oxygens (including phenoxy) is 1. The smallest absolute Gasteiger partial charge is 0.255 e. The Morgan fingerprint density at radius 2 is 1.92 bits per heavy atom. The second-order valence-electron chi connectivity index (χ2n) is 6.20. The highest BCUT2D eigenvalue weighted by molar-refractivity contribution is 6.04. The Morgan fingerprint density at radius 3 is 2.64 bits per heavy atom. The highest BCUT2D eigenvalue weighted by Gasteiger charge is 2.24. The van der Waals surface area contributed by atoms with Crippen LogP contribution in [0, 0.1) is 6.92 Å². The Balaban J connectivity index is 1.77. The highest BCUT2D eigenvalue weighted by atomic mass is 16.5. The number of benzene rings is 2. The van der Waals surface area contributed by atoms with Gasteiger partial charge in [0.05, 0.1) is 6.61 Å². The number of nitrogens with zero attached hydrogens (tertiary/aromatic N) is 1. The summed E-state index contributed by atoms with van der Waals surface area (Å²) in [5.74, 6) is -0.0240. The second-order valence-corrected chi connectivity index (χ2v) is 6.20. The third-order valence-electron chi connectivity index (χ3n) is 4.37. The fraction of sp³-hybridized carbons (Fsp3) is 0.300. The number of methoxy groups -OCH3 is 1. The van der Waals surface area contributed by atoms with Gasteiger partial charge in [-0.25, -0.2) is 0 Å². The summed E-state index contributed by atoms with van der Waals surface area (Å²) in [7, 11) is 1.62. The first-order valence-corrected chi connectivity index (χ1v) is 8.39. The van der Waals surface area contributed by atoms with Crippen LogP contribution in [-0.2, 0) is 16.0 Å². The number of carbonyl (C=O) groups is 2. The zero-order valence-electron chi connectivity index (χ0n) is 14.5. The van der Waals surface area contributed by atoms with Gasteiger partial charge in [-0.3, -0.25) is 9.59 Å². The van der Waals surface area contributed by atoms with Crippen LogP contribution < -0.4 is 10.2 Å². The van der Waals surface area contributed by atoms with Gasteiger partial charge in [-0.05, 0) is 49.2 Å². The maximum atomic E-state index is 12.4. The van der Waals surface area contributed by atoms with Gasteiger partial charge < -0.3 is 15.0 Å². The molecule has 2 aromatic carbocycles. The van der Waals surface area contributed by atoms with E-state index in [2.05, 4.69) is 5.32 Å². The topological polar surface area (TPSA) is 58.6 Å². The van der Waals surface area contributed by atoms with Crippen LogP contribution in [0.15, 0.2) is 42.5 Å². The van der Waals surface area contributed by atoms with Crippen LogP contribution in [0.3, 0.4) is 0 Å². The van der Waals surface area contributed by atoms with E-state index in [0.29, 0.717) is 31.6 Å². The number of hydrogen-bond donors (Lipinski definition) is 1. The van der Waals surface area contributed by atoms with Crippen molar-refractivity contribution in [1.29, 1.82) is 0 Å². The molecule has 1 aliphatic rings. The fourth-order valence-electron chi connectivity index (χ4n) is 2.97. The number of amides is 2. The van der Waals surface area contributed by atoms with Crippen LogP contribution in [0.1, 0.15) is 27.9 Å². The van der Waals surface area contributed by atoms with Crippen molar-refractivity contribution >= 4 is 23.2 Å². The monoisotopic (exact) mass is 338 g/mol. The fourth-order valence-corrected chi connectivity index (χ4v) is 2.97. The van der Waals surface area contributed by atoms with E-state index < -0.39 is 0 Å². The van der Waals surface area contributed by atoms with Crippen molar-refractivity contribution in [1.82, 2.24) is 0 Å². The van der Waals surface area contributed by atoms with E-state index in [-0.39, 0.29) is 11.8 Å². The van der Waals surface area contributed by atoms with E-state index in [1.54, 1.807) is 12.0 Å². The largest absolute Gasteiger partial charge is 0.383 e. The maximum Gasteiger partial charge on any atom is 0.255 e. The molecule has 5 nitrogen and oxygen atoms in total. The minimum absolute atomic E-state index is 0.112. The lowest BCUT2D eigenvalue weighted by Crippen LogP contribution is -2.37. The Labute approximate surface area is 147 Å². The quantitative estimate of drug-likeness (QED) is 0.911. The first-order valence-electron chi connectivity index (χ1n) is 8.39. The summed E-state index contributed by atoms with van der Waals surface area (Å²) in [6, 6.07) is 13.1. The number of hydrogen-bond acceptors (Lipinski definition) is 3. The molecule has 2 aromatic rings. The molecule has 0 saturated heterocycles. The van der Waals surface area contributed by atoms with Gasteiger partial charge in [-0.2, -0.15) is 0 Å². The summed E-state index contributed by atoms with van der Waals surface area (Å²) in [5, 5.41) is 2.93. The molecule has 3 rings (SSSR count). The molecule has 2 amide bonds. The van der Waals surface area contributed by atoms with Gasteiger partial charge in [0.15, 0.2) is 0 Å². The predicted octanol–water partition coefficient (Wildman–Crippen LogP) is 3.17. The van der Waals surface area contributed by atoms with Gasteiger partial charge in [0.2, 0.25) is 5.91 Å². The average Bonchev–Trinajstić information content (AvgIpc) is 2.61. The summed E-state index contributed by atoms with van der Waals surface area (Å²) >= 11 is 0. The average molecular weight is 338 g/mol. The molecule has 0 saturated carbocycles. The van der Waals surface area contributed by atoms with Crippen molar-refractivity contribution in [3.8, 4) is 0 Å². The van der Waals surface area contributed by atoms with E-state index in [4.69, 9.17) is 4.74 Å². The summed E-state index contributed by atoms with van der Waals surface area (Å²) in [5.41, 5.74) is 4.45. The standard InChI is InChI=1S/C20H22N2O3/c1-14-3-5-15(6-4-14)20(24)21-17-8-9-18-16(13-17)7-10-19(23)22(18)11-12-25-2/h3-6,8-9,13H,7,10-12H2,1-2H3,(H,21,24). The molecular formula is C20H22N2O3. The Bertz CT molecular complexity index is 784. The molecule has 0 aliphatic carbocycles. The molecule has 1 N–H and O–H groups in total. The maximum absolute atomic E-state index is 12.4. The third-order valence-corrected chi connectivity index (χ3v) is 4.37. The minimum Gasteiger partial charge on any atom is -0.383 e. The molecule has 25 heavy (non-hydrogen) atoms. The Hall–Kier alpha value is -2.66. The van der Waals surface area contributed by atoms with Crippen molar-refractivity contribution < 1.29 is 14.3 Å². The summed E-state index contributed by atoms with van der Waals surface area (Å²) in [4.78, 5) is 26.3. The van der Waals surface area contributed by atoms with Crippen molar-refractivity contribution in [2.75, 3.05) is 30.5 Å². The number of aryl methyl sites for hydroxylation is 2. The number of fused-ring (bicyclic) bond motifs is 1. The molecule has 1 heterocycles. The van der Waals surface area contributed by atoms with Crippen molar-refractivity contribution in [2.45, 2.75) is 19.8 Å². The lowest BCUT2D eigenvalue weighted by Gasteiger charge is -2.29. The zero-order chi connectivity index (χ0) is 17.8. The molecule has 130 valence electrons. The highest BCUT2D eigenvalue weighted by Crippen LogP contribution is 2.30. The SMILES string of the molecule is COCCN1C(=O)CCc2cc(NC(=O)c3ccc(C)cc3)ccc21. The zero-order valence-corrected chi connectivity index (χ0v) is 14.5. The van der Waals surface area contributed by atoms with E-state index in [1.165, 1.54) is 0 Å². The van der Waals surface area contributed by atoms with Crippen LogP contribution in [0.4, 0.5) is 11.4 Å². The molecule has 0 aromatic heterocycles. The van der Waals surface area contributed by atoms with E-state index in [0.717, 1.165) is 22.5 Å². The van der Waals surface area contributed by atoms with Crippen LogP contribution >= 0.6 is 0 Å². The van der Waals surface area contributed by atoms with Gasteiger partial charge >= 0.3 is 0 Å². The van der Waals surface area contributed by atoms with Crippen LogP contribution in [0.25, 0.3) is 0 Å². The second kappa shape index (κ2) is 7.49. The van der Waals surface area contributed by atoms with Crippen LogP contribution in [0.2, 0.25) is 0 Å². The van der Waals surface area contributed by atoms with Gasteiger partial charge in [0, 0.05) is 37.0 Å². The van der Waals surface area contributed by atoms with Gasteiger partial charge in [-0.15, -0.1) is 0 Å². The molecule has 5 heteroatoms. The first-order chi connectivity index (χ1) is 12.1. The molecule has 0 bridgehead atoms. The van der Waals surface area contributed by atoms with Crippen LogP contribution in [-0.4, -0.2) is 32.1 Å². The number of rotatable bonds is 5. The molecule has 0 fully saturated rings.